The van der Waals surface area contributed by atoms with Crippen LogP contribution in [-0.2, 0) is 25.4 Å². The van der Waals surface area contributed by atoms with E-state index in [1.54, 1.807) is 30.9 Å². The molecule has 1 aliphatic rings. The molecule has 0 spiro atoms. The molecule has 3 heterocycles. The number of hydrogen-bond donors (Lipinski definition) is 1. The van der Waals surface area contributed by atoms with Gasteiger partial charge in [-0.1, -0.05) is 12.1 Å². The topological polar surface area (TPSA) is 68.5 Å². The van der Waals surface area contributed by atoms with Crippen LogP contribution in [-0.4, -0.2) is 41.3 Å². The Hall–Kier alpha value is -3.06. The fourth-order valence-electron chi connectivity index (χ4n) is 3.57. The second-order valence-corrected chi connectivity index (χ2v) is 7.07. The molecule has 7 nitrogen and oxygen atoms in total. The lowest BCUT2D eigenvalue weighted by Gasteiger charge is -2.28. The summed E-state index contributed by atoms with van der Waals surface area (Å²) >= 11 is 0. The summed E-state index contributed by atoms with van der Waals surface area (Å²) in [4.78, 5) is 27.2. The molecule has 4 rings (SSSR count). The van der Waals surface area contributed by atoms with Crippen LogP contribution >= 0.6 is 0 Å². The first kappa shape index (κ1) is 18.3. The van der Waals surface area contributed by atoms with Gasteiger partial charge >= 0.3 is 0 Å². The van der Waals surface area contributed by atoms with Crippen LogP contribution in [0.2, 0.25) is 0 Å². The summed E-state index contributed by atoms with van der Waals surface area (Å²) in [6, 6.07) is 11.7. The van der Waals surface area contributed by atoms with Gasteiger partial charge in [0.25, 0.3) is 11.5 Å². The van der Waals surface area contributed by atoms with Gasteiger partial charge < -0.3 is 24.1 Å². The van der Waals surface area contributed by atoms with E-state index < -0.39 is 0 Å². The summed E-state index contributed by atoms with van der Waals surface area (Å²) in [5.41, 5.74) is 3.32. The van der Waals surface area contributed by atoms with Crippen molar-refractivity contribution in [1.29, 1.82) is 0 Å². The molecular weight excluding hydrogens is 356 g/mol. The van der Waals surface area contributed by atoms with Crippen LogP contribution in [0.25, 0.3) is 10.9 Å². The third kappa shape index (κ3) is 3.41. The number of aromatic nitrogens is 2. The average Bonchev–Trinajstić information content (AvgIpc) is 3.07. The number of rotatable bonds is 4. The molecule has 0 atom stereocenters. The quantitative estimate of drug-likeness (QED) is 0.747. The SMILES string of the molecule is Cn1ccc2c(cc(C(=O)NCc3ccc(N4CCOCC4)cc3)n2C)c1=O. The zero-order valence-electron chi connectivity index (χ0n) is 16.1. The van der Waals surface area contributed by atoms with Gasteiger partial charge in [0.15, 0.2) is 0 Å². The number of carbonyl (C=O) groups is 1. The molecule has 0 radical (unpaired) electrons. The van der Waals surface area contributed by atoms with Gasteiger partial charge in [-0.3, -0.25) is 9.59 Å². The summed E-state index contributed by atoms with van der Waals surface area (Å²) in [6.45, 7) is 3.74. The van der Waals surface area contributed by atoms with E-state index in [0.29, 0.717) is 17.6 Å². The van der Waals surface area contributed by atoms with Crippen LogP contribution in [0.5, 0.6) is 0 Å². The highest BCUT2D eigenvalue weighted by Crippen LogP contribution is 2.17. The number of carbonyl (C=O) groups excluding carboxylic acids is 1. The maximum atomic E-state index is 12.7. The van der Waals surface area contributed by atoms with Gasteiger partial charge in [-0.2, -0.15) is 0 Å². The highest BCUT2D eigenvalue weighted by Gasteiger charge is 2.16. The van der Waals surface area contributed by atoms with Crippen molar-refractivity contribution in [2.24, 2.45) is 14.1 Å². The lowest BCUT2D eigenvalue weighted by atomic mass is 10.2. The number of benzene rings is 1. The zero-order chi connectivity index (χ0) is 19.7. The Kier molecular flexibility index (Phi) is 4.92. The molecule has 0 unspecified atom stereocenters. The van der Waals surface area contributed by atoms with Crippen LogP contribution in [0.4, 0.5) is 5.69 Å². The number of nitrogens with one attached hydrogen (secondary N) is 1. The lowest BCUT2D eigenvalue weighted by molar-refractivity contribution is 0.0943. The summed E-state index contributed by atoms with van der Waals surface area (Å²) in [6.07, 6.45) is 1.71. The monoisotopic (exact) mass is 380 g/mol. The zero-order valence-corrected chi connectivity index (χ0v) is 16.1. The van der Waals surface area contributed by atoms with E-state index >= 15 is 0 Å². The van der Waals surface area contributed by atoms with Crippen LogP contribution in [0.1, 0.15) is 16.1 Å². The van der Waals surface area contributed by atoms with Gasteiger partial charge in [-0.15, -0.1) is 0 Å². The van der Waals surface area contributed by atoms with Gasteiger partial charge in [0.05, 0.1) is 24.1 Å². The first-order chi connectivity index (χ1) is 13.5. The Morgan fingerprint density at radius 1 is 1.11 bits per heavy atom. The minimum atomic E-state index is -0.196. The second kappa shape index (κ2) is 7.52. The standard InChI is InChI=1S/C21H24N4O3/c1-23-8-7-18-17(21(23)27)13-19(24(18)2)20(26)22-14-15-3-5-16(6-4-15)25-9-11-28-12-10-25/h3-8,13H,9-12,14H2,1-2H3,(H,22,26). The molecule has 1 fully saturated rings. The maximum absolute atomic E-state index is 12.7. The predicted molar refractivity (Wildman–Crippen MR) is 109 cm³/mol. The minimum absolute atomic E-state index is 0.106. The van der Waals surface area contributed by atoms with Crippen molar-refractivity contribution < 1.29 is 9.53 Å². The largest absolute Gasteiger partial charge is 0.378 e. The van der Waals surface area contributed by atoms with Crippen molar-refractivity contribution in [3.8, 4) is 0 Å². The number of fused-ring (bicyclic) bond motifs is 1. The summed E-state index contributed by atoms with van der Waals surface area (Å²) < 4.78 is 8.66. The average molecular weight is 380 g/mol. The van der Waals surface area contributed by atoms with E-state index in [4.69, 9.17) is 4.74 Å². The Morgan fingerprint density at radius 2 is 1.82 bits per heavy atom. The van der Waals surface area contributed by atoms with Crippen molar-refractivity contribution in [1.82, 2.24) is 14.5 Å². The summed E-state index contributed by atoms with van der Waals surface area (Å²) in [5, 5.41) is 3.50. The molecule has 1 N–H and O–H groups in total. The van der Waals surface area contributed by atoms with Crippen molar-refractivity contribution in [3.63, 3.8) is 0 Å². The van der Waals surface area contributed by atoms with E-state index in [9.17, 15) is 9.59 Å². The Labute approximate surface area is 163 Å². The predicted octanol–water partition coefficient (Wildman–Crippen LogP) is 1.64. The number of nitrogens with zero attached hydrogens (tertiary/aromatic N) is 3. The number of hydrogen-bond acceptors (Lipinski definition) is 4. The summed E-state index contributed by atoms with van der Waals surface area (Å²) in [7, 11) is 3.50. The van der Waals surface area contributed by atoms with Crippen LogP contribution in [0.3, 0.4) is 0 Å². The number of morpholine rings is 1. The van der Waals surface area contributed by atoms with Gasteiger partial charge in [0.1, 0.15) is 5.69 Å². The van der Waals surface area contributed by atoms with Gasteiger partial charge in [0, 0.05) is 45.6 Å². The molecule has 7 heteroatoms. The number of pyridine rings is 1. The molecule has 28 heavy (non-hydrogen) atoms. The van der Waals surface area contributed by atoms with Crippen LogP contribution < -0.4 is 15.8 Å². The second-order valence-electron chi connectivity index (χ2n) is 7.07. The molecule has 0 bridgehead atoms. The normalized spacial score (nSPS) is 14.4. The van der Waals surface area contributed by atoms with Crippen LogP contribution in [0, 0.1) is 0 Å². The molecule has 0 saturated carbocycles. The van der Waals surface area contributed by atoms with Crippen molar-refractivity contribution >= 4 is 22.5 Å². The number of anilines is 1. The molecular formula is C21H24N4O3. The van der Waals surface area contributed by atoms with Gasteiger partial charge in [0.2, 0.25) is 0 Å². The fraction of sp³-hybridized carbons (Fsp3) is 0.333. The van der Waals surface area contributed by atoms with Crippen molar-refractivity contribution in [2.45, 2.75) is 6.54 Å². The van der Waals surface area contributed by atoms with Crippen LogP contribution in [0.15, 0.2) is 47.4 Å². The molecule has 3 aromatic rings. The molecule has 146 valence electrons. The minimum Gasteiger partial charge on any atom is -0.378 e. The Morgan fingerprint density at radius 3 is 2.54 bits per heavy atom. The Balaban J connectivity index is 1.46. The van der Waals surface area contributed by atoms with E-state index in [0.717, 1.165) is 37.4 Å². The smallest absolute Gasteiger partial charge is 0.268 e. The molecule has 1 amide bonds. The molecule has 1 aliphatic heterocycles. The summed E-state index contributed by atoms with van der Waals surface area (Å²) in [5.74, 6) is -0.196. The third-order valence-corrected chi connectivity index (χ3v) is 5.28. The van der Waals surface area contributed by atoms with E-state index in [1.807, 2.05) is 18.2 Å². The number of amides is 1. The maximum Gasteiger partial charge on any atom is 0.268 e. The highest BCUT2D eigenvalue weighted by atomic mass is 16.5. The van der Waals surface area contributed by atoms with E-state index in [1.165, 1.54) is 10.3 Å². The molecule has 2 aromatic heterocycles. The number of aryl methyl sites for hydroxylation is 2. The van der Waals surface area contributed by atoms with Gasteiger partial charge in [-0.05, 0) is 29.8 Å². The third-order valence-electron chi connectivity index (χ3n) is 5.28. The fourth-order valence-corrected chi connectivity index (χ4v) is 3.57. The molecule has 1 saturated heterocycles. The highest BCUT2D eigenvalue weighted by molar-refractivity contribution is 5.98. The Bertz CT molecular complexity index is 1060. The molecule has 0 aliphatic carbocycles. The number of ether oxygens (including phenoxy) is 1. The molecule has 1 aromatic carbocycles. The van der Waals surface area contributed by atoms with Crippen molar-refractivity contribution in [3.05, 3.63) is 64.2 Å². The lowest BCUT2D eigenvalue weighted by Crippen LogP contribution is -2.36. The van der Waals surface area contributed by atoms with E-state index in [-0.39, 0.29) is 11.5 Å². The van der Waals surface area contributed by atoms with Gasteiger partial charge in [-0.25, -0.2) is 0 Å². The van der Waals surface area contributed by atoms with E-state index in [2.05, 4.69) is 22.3 Å². The first-order valence-corrected chi connectivity index (χ1v) is 9.39. The first-order valence-electron chi connectivity index (χ1n) is 9.39. The van der Waals surface area contributed by atoms with Crippen molar-refractivity contribution in [2.75, 3.05) is 31.2 Å².